The minimum atomic E-state index is 0.316. The van der Waals surface area contributed by atoms with Crippen LogP contribution in [0.2, 0.25) is 0 Å². The molecule has 1 aliphatic rings. The van der Waals surface area contributed by atoms with Gasteiger partial charge in [0.25, 0.3) is 0 Å². The average Bonchev–Trinajstić information content (AvgIpc) is 2.49. The van der Waals surface area contributed by atoms with E-state index in [-0.39, 0.29) is 0 Å². The number of benzene rings is 1. The van der Waals surface area contributed by atoms with Gasteiger partial charge < -0.3 is 5.11 Å². The summed E-state index contributed by atoms with van der Waals surface area (Å²) in [7, 11) is 0. The zero-order chi connectivity index (χ0) is 9.26. The van der Waals surface area contributed by atoms with Crippen LogP contribution in [-0.4, -0.2) is 11.7 Å². The fourth-order valence-electron chi connectivity index (χ4n) is 2.08. The van der Waals surface area contributed by atoms with Gasteiger partial charge in [0.15, 0.2) is 0 Å². The van der Waals surface area contributed by atoms with Crippen molar-refractivity contribution in [3.63, 3.8) is 0 Å². The lowest BCUT2D eigenvalue weighted by molar-refractivity contribution is 0.259. The highest BCUT2D eigenvalue weighted by molar-refractivity contribution is 9.10. The highest BCUT2D eigenvalue weighted by Crippen LogP contribution is 2.33. The molecule has 1 aliphatic carbocycles. The lowest BCUT2D eigenvalue weighted by atomic mass is 10.0. The summed E-state index contributed by atoms with van der Waals surface area (Å²) in [6.45, 7) is 0.316. The van der Waals surface area contributed by atoms with E-state index in [4.69, 9.17) is 5.11 Å². The molecule has 70 valence electrons. The van der Waals surface area contributed by atoms with Crippen LogP contribution in [0.15, 0.2) is 22.7 Å². The van der Waals surface area contributed by atoms with E-state index < -0.39 is 0 Å². The Labute approximate surface area is 86.9 Å². The first-order valence-electron chi connectivity index (χ1n) is 4.68. The Balaban J connectivity index is 2.20. The van der Waals surface area contributed by atoms with Crippen LogP contribution < -0.4 is 0 Å². The number of hydrogen-bond acceptors (Lipinski definition) is 1. The van der Waals surface area contributed by atoms with Crippen molar-refractivity contribution in [3.05, 3.63) is 33.8 Å². The van der Waals surface area contributed by atoms with Crippen LogP contribution in [-0.2, 0) is 12.8 Å². The molecule has 1 N–H and O–H groups in total. The quantitative estimate of drug-likeness (QED) is 0.843. The normalized spacial score (nSPS) is 20.3. The van der Waals surface area contributed by atoms with Crippen LogP contribution in [0.3, 0.4) is 0 Å². The molecule has 0 fully saturated rings. The third-order valence-corrected chi connectivity index (χ3v) is 3.50. The number of hydrogen-bond donors (Lipinski definition) is 1. The molecule has 0 spiro atoms. The molecule has 0 aromatic heterocycles. The maximum Gasteiger partial charge on any atom is 0.0433 e. The van der Waals surface area contributed by atoms with Gasteiger partial charge in [0.1, 0.15) is 0 Å². The SMILES string of the molecule is OCCC1Cc2cccc(Br)c2C1. The largest absolute Gasteiger partial charge is 0.396 e. The van der Waals surface area contributed by atoms with E-state index in [0.29, 0.717) is 12.5 Å². The van der Waals surface area contributed by atoms with E-state index in [1.165, 1.54) is 15.6 Å². The maximum atomic E-state index is 8.86. The standard InChI is InChI=1S/C11H13BrO/c12-11-3-1-2-9-6-8(4-5-13)7-10(9)11/h1-3,8,13H,4-7H2. The van der Waals surface area contributed by atoms with Gasteiger partial charge in [-0.1, -0.05) is 28.1 Å². The van der Waals surface area contributed by atoms with E-state index in [2.05, 4.69) is 34.1 Å². The summed E-state index contributed by atoms with van der Waals surface area (Å²) in [5.74, 6) is 0.652. The molecule has 2 rings (SSSR count). The first-order valence-corrected chi connectivity index (χ1v) is 5.47. The van der Waals surface area contributed by atoms with Gasteiger partial charge in [-0.3, -0.25) is 0 Å². The molecule has 0 heterocycles. The summed E-state index contributed by atoms with van der Waals surface area (Å²) >= 11 is 3.56. The van der Waals surface area contributed by atoms with Crippen LogP contribution in [0.5, 0.6) is 0 Å². The number of aliphatic hydroxyl groups is 1. The molecule has 0 bridgehead atoms. The minimum absolute atomic E-state index is 0.316. The lowest BCUT2D eigenvalue weighted by Crippen LogP contribution is -2.01. The van der Waals surface area contributed by atoms with E-state index in [1.54, 1.807) is 0 Å². The molecule has 0 saturated carbocycles. The van der Waals surface area contributed by atoms with Crippen LogP contribution in [0, 0.1) is 5.92 Å². The highest BCUT2D eigenvalue weighted by atomic mass is 79.9. The van der Waals surface area contributed by atoms with Crippen LogP contribution in [0.4, 0.5) is 0 Å². The molecule has 1 unspecified atom stereocenters. The number of rotatable bonds is 2. The number of fused-ring (bicyclic) bond motifs is 1. The summed E-state index contributed by atoms with van der Waals surface area (Å²) in [6, 6.07) is 6.38. The van der Waals surface area contributed by atoms with E-state index in [9.17, 15) is 0 Å². The molecule has 0 amide bonds. The molecule has 0 saturated heterocycles. The average molecular weight is 241 g/mol. The van der Waals surface area contributed by atoms with Gasteiger partial charge in [-0.15, -0.1) is 0 Å². The first kappa shape index (κ1) is 9.22. The van der Waals surface area contributed by atoms with Gasteiger partial charge in [-0.05, 0) is 42.4 Å². The van der Waals surface area contributed by atoms with Crippen molar-refractivity contribution in [3.8, 4) is 0 Å². The second-order valence-electron chi connectivity index (χ2n) is 3.66. The Kier molecular flexibility index (Phi) is 2.70. The Morgan fingerprint density at radius 2 is 2.23 bits per heavy atom. The van der Waals surface area contributed by atoms with Gasteiger partial charge in [0.2, 0.25) is 0 Å². The van der Waals surface area contributed by atoms with Gasteiger partial charge in [-0.2, -0.15) is 0 Å². The molecule has 0 aliphatic heterocycles. The molecule has 1 aromatic rings. The monoisotopic (exact) mass is 240 g/mol. The predicted octanol–water partition coefficient (Wildman–Crippen LogP) is 2.55. The molecule has 2 heteroatoms. The number of halogens is 1. The molecule has 1 atom stereocenters. The van der Waals surface area contributed by atoms with E-state index >= 15 is 0 Å². The molecular formula is C11H13BrO. The zero-order valence-corrected chi connectivity index (χ0v) is 9.05. The Morgan fingerprint density at radius 1 is 1.38 bits per heavy atom. The van der Waals surface area contributed by atoms with Crippen molar-refractivity contribution in [2.75, 3.05) is 6.61 Å². The number of aliphatic hydroxyl groups excluding tert-OH is 1. The van der Waals surface area contributed by atoms with Crippen LogP contribution >= 0.6 is 15.9 Å². The summed E-state index contributed by atoms with van der Waals surface area (Å²) in [4.78, 5) is 0. The predicted molar refractivity (Wildman–Crippen MR) is 56.7 cm³/mol. The molecule has 0 radical (unpaired) electrons. The van der Waals surface area contributed by atoms with Crippen LogP contribution in [0.25, 0.3) is 0 Å². The lowest BCUT2D eigenvalue weighted by Gasteiger charge is -2.04. The smallest absolute Gasteiger partial charge is 0.0433 e. The third kappa shape index (κ3) is 1.79. The second-order valence-corrected chi connectivity index (χ2v) is 4.52. The Bertz CT molecular complexity index is 309. The Hall–Kier alpha value is -0.340. The minimum Gasteiger partial charge on any atom is -0.396 e. The van der Waals surface area contributed by atoms with Crippen molar-refractivity contribution in [1.29, 1.82) is 0 Å². The Morgan fingerprint density at radius 3 is 2.92 bits per heavy atom. The van der Waals surface area contributed by atoms with Gasteiger partial charge in [0, 0.05) is 11.1 Å². The summed E-state index contributed by atoms with van der Waals surface area (Å²) in [5, 5.41) is 8.86. The first-order chi connectivity index (χ1) is 6.31. The van der Waals surface area contributed by atoms with Gasteiger partial charge in [0.05, 0.1) is 0 Å². The molecule has 13 heavy (non-hydrogen) atoms. The summed E-state index contributed by atoms with van der Waals surface area (Å²) in [5.41, 5.74) is 2.90. The molecule has 1 aromatic carbocycles. The fraction of sp³-hybridized carbons (Fsp3) is 0.455. The van der Waals surface area contributed by atoms with Crippen molar-refractivity contribution < 1.29 is 5.11 Å². The third-order valence-electron chi connectivity index (χ3n) is 2.75. The summed E-state index contributed by atoms with van der Waals surface area (Å²) < 4.78 is 1.23. The summed E-state index contributed by atoms with van der Waals surface area (Å²) in [6.07, 6.45) is 3.19. The zero-order valence-electron chi connectivity index (χ0n) is 7.46. The van der Waals surface area contributed by atoms with E-state index in [0.717, 1.165) is 19.3 Å². The molecule has 1 nitrogen and oxygen atoms in total. The van der Waals surface area contributed by atoms with E-state index in [1.807, 2.05) is 0 Å². The maximum absolute atomic E-state index is 8.86. The fourth-order valence-corrected chi connectivity index (χ4v) is 2.65. The van der Waals surface area contributed by atoms with Gasteiger partial charge >= 0.3 is 0 Å². The van der Waals surface area contributed by atoms with Crippen molar-refractivity contribution in [2.24, 2.45) is 5.92 Å². The van der Waals surface area contributed by atoms with Gasteiger partial charge in [-0.25, -0.2) is 0 Å². The van der Waals surface area contributed by atoms with Crippen molar-refractivity contribution in [2.45, 2.75) is 19.3 Å². The van der Waals surface area contributed by atoms with Crippen molar-refractivity contribution >= 4 is 15.9 Å². The second kappa shape index (κ2) is 3.81. The van der Waals surface area contributed by atoms with Crippen LogP contribution in [0.1, 0.15) is 17.5 Å². The highest BCUT2D eigenvalue weighted by Gasteiger charge is 2.22. The van der Waals surface area contributed by atoms with Crippen molar-refractivity contribution in [1.82, 2.24) is 0 Å². The topological polar surface area (TPSA) is 20.2 Å². The molecular weight excluding hydrogens is 228 g/mol.